The normalized spacial score (nSPS) is 15.0. The summed E-state index contributed by atoms with van der Waals surface area (Å²) in [6.45, 7) is 13.3. The Morgan fingerprint density at radius 3 is 1.03 bits per heavy atom. The number of benzene rings is 2. The van der Waals surface area contributed by atoms with Gasteiger partial charge in [0.05, 0.1) is 0 Å². The number of rotatable bonds is 10. The number of imide groups is 2. The van der Waals surface area contributed by atoms with E-state index in [2.05, 4.69) is 9.80 Å². The van der Waals surface area contributed by atoms with E-state index in [0.29, 0.717) is 59.2 Å². The van der Waals surface area contributed by atoms with E-state index in [1.807, 2.05) is 27.7 Å². The van der Waals surface area contributed by atoms with Crippen molar-refractivity contribution in [3.63, 3.8) is 0 Å². The summed E-state index contributed by atoms with van der Waals surface area (Å²) < 4.78 is 0. The van der Waals surface area contributed by atoms with Gasteiger partial charge in [0, 0.05) is 59.2 Å². The van der Waals surface area contributed by atoms with E-state index in [0.717, 1.165) is 26.2 Å². The first kappa shape index (κ1) is 26.8. The van der Waals surface area contributed by atoms with Crippen molar-refractivity contribution in [1.82, 2.24) is 19.6 Å². The number of carbonyl (C=O) groups is 4. The number of nitrogens with zero attached hydrogens (tertiary/aromatic N) is 4. The maximum absolute atomic E-state index is 13.3. The smallest absolute Gasteiger partial charge is 0.261 e. The highest BCUT2D eigenvalue weighted by atomic mass is 35.5. The summed E-state index contributed by atoms with van der Waals surface area (Å²) in [6.07, 6.45) is 0. The average Bonchev–Trinajstić information content (AvgIpc) is 2.85. The van der Waals surface area contributed by atoms with Crippen molar-refractivity contribution in [2.45, 2.75) is 27.7 Å². The molecule has 4 amide bonds. The number of hydrogen-bond acceptors (Lipinski definition) is 6. The molecule has 2 heterocycles. The van der Waals surface area contributed by atoms with E-state index in [9.17, 15) is 19.2 Å². The third-order valence-electron chi connectivity index (χ3n) is 7.13. The van der Waals surface area contributed by atoms with E-state index < -0.39 is 0 Å². The minimum atomic E-state index is -0.378. The van der Waals surface area contributed by atoms with Crippen LogP contribution < -0.4 is 0 Å². The van der Waals surface area contributed by atoms with Crippen molar-refractivity contribution in [3.8, 4) is 0 Å². The molecule has 0 aromatic heterocycles. The lowest BCUT2D eigenvalue weighted by Crippen LogP contribution is -2.46. The first-order chi connectivity index (χ1) is 16.4. The van der Waals surface area contributed by atoms with Crippen LogP contribution in [0.5, 0.6) is 0 Å². The van der Waals surface area contributed by atoms with Gasteiger partial charge in [0.1, 0.15) is 0 Å². The van der Waals surface area contributed by atoms with Crippen LogP contribution in [0.4, 0.5) is 0 Å². The van der Waals surface area contributed by atoms with Gasteiger partial charge >= 0.3 is 0 Å². The Hall–Kier alpha value is -2.81. The van der Waals surface area contributed by atoms with Gasteiger partial charge in [-0.2, -0.15) is 0 Å². The van der Waals surface area contributed by atoms with Crippen LogP contribution in [0, 0.1) is 0 Å². The molecule has 2 aromatic carbocycles. The van der Waals surface area contributed by atoms with Gasteiger partial charge in [-0.3, -0.25) is 29.0 Å². The Morgan fingerprint density at radius 2 is 0.800 bits per heavy atom. The van der Waals surface area contributed by atoms with Crippen LogP contribution in [0.3, 0.4) is 0 Å². The van der Waals surface area contributed by atoms with E-state index in [-0.39, 0.29) is 36.0 Å². The van der Waals surface area contributed by atoms with Crippen molar-refractivity contribution in [2.75, 3.05) is 52.4 Å². The van der Waals surface area contributed by atoms with Crippen LogP contribution in [-0.4, -0.2) is 95.6 Å². The molecule has 0 atom stereocenters. The van der Waals surface area contributed by atoms with E-state index in [1.54, 1.807) is 24.3 Å². The minimum absolute atomic E-state index is 0. The zero-order valence-corrected chi connectivity index (χ0v) is 21.6. The number of hydrogen-bond donors (Lipinski definition) is 0. The molecular weight excluding hydrogens is 468 g/mol. The van der Waals surface area contributed by atoms with Gasteiger partial charge < -0.3 is 9.80 Å². The van der Waals surface area contributed by atoms with Gasteiger partial charge in [0.15, 0.2) is 0 Å². The van der Waals surface area contributed by atoms with E-state index in [1.165, 1.54) is 9.80 Å². The number of halogens is 1. The predicted molar refractivity (Wildman–Crippen MR) is 138 cm³/mol. The Morgan fingerprint density at radius 1 is 0.543 bits per heavy atom. The number of carbonyl (C=O) groups excluding carboxylic acids is 4. The molecule has 35 heavy (non-hydrogen) atoms. The van der Waals surface area contributed by atoms with Gasteiger partial charge in [0.2, 0.25) is 0 Å². The molecule has 0 spiro atoms. The molecule has 2 aliphatic rings. The van der Waals surface area contributed by atoms with Crippen molar-refractivity contribution >= 4 is 46.8 Å². The Kier molecular flexibility index (Phi) is 8.30. The molecule has 2 aromatic rings. The van der Waals surface area contributed by atoms with Crippen LogP contribution in [0.1, 0.15) is 69.1 Å². The second-order valence-corrected chi connectivity index (χ2v) is 8.65. The van der Waals surface area contributed by atoms with Crippen LogP contribution >= 0.6 is 12.4 Å². The summed E-state index contributed by atoms with van der Waals surface area (Å²) in [5, 5.41) is 0.850. The Balaban J connectivity index is 0.00000342. The fourth-order valence-electron chi connectivity index (χ4n) is 4.94. The Bertz CT molecular complexity index is 1010. The predicted octanol–water partition coefficient (Wildman–Crippen LogP) is 3.14. The molecule has 0 saturated carbocycles. The summed E-state index contributed by atoms with van der Waals surface area (Å²) in [5.41, 5.74) is 1.47. The van der Waals surface area contributed by atoms with Gasteiger partial charge in [-0.15, -0.1) is 12.4 Å². The molecule has 2 aliphatic heterocycles. The lowest BCUT2D eigenvalue weighted by atomic mass is 9.86. The maximum Gasteiger partial charge on any atom is 0.261 e. The van der Waals surface area contributed by atoms with Crippen molar-refractivity contribution in [3.05, 3.63) is 46.5 Å². The first-order valence-corrected chi connectivity index (χ1v) is 12.1. The molecular formula is C26H33ClN4O4. The van der Waals surface area contributed by atoms with Crippen LogP contribution in [0.15, 0.2) is 24.3 Å². The molecule has 0 unspecified atom stereocenters. The summed E-state index contributed by atoms with van der Waals surface area (Å²) in [7, 11) is 0. The first-order valence-electron chi connectivity index (χ1n) is 12.1. The third-order valence-corrected chi connectivity index (χ3v) is 7.13. The molecule has 0 bridgehead atoms. The number of amides is 4. The maximum atomic E-state index is 13.3. The Labute approximate surface area is 212 Å². The SMILES string of the molecule is CCN(CC)CCN1C(=O)c2ccc3c4c(ccc(c24)C1=O)C(=O)N(CCN(CC)CC)C3=O.Cl. The second-order valence-electron chi connectivity index (χ2n) is 8.65. The van der Waals surface area contributed by atoms with Crippen molar-refractivity contribution in [1.29, 1.82) is 0 Å². The van der Waals surface area contributed by atoms with Crippen molar-refractivity contribution in [2.24, 2.45) is 0 Å². The van der Waals surface area contributed by atoms with Gasteiger partial charge in [-0.1, -0.05) is 27.7 Å². The fraction of sp³-hybridized carbons (Fsp3) is 0.462. The van der Waals surface area contributed by atoms with Gasteiger partial charge in [-0.05, 0) is 50.4 Å². The number of likely N-dealkylation sites (N-methyl/N-ethyl adjacent to an activating group) is 2. The lowest BCUT2D eigenvalue weighted by Gasteiger charge is -2.33. The molecule has 4 rings (SSSR count). The zero-order valence-electron chi connectivity index (χ0n) is 20.8. The molecule has 0 aliphatic carbocycles. The van der Waals surface area contributed by atoms with Crippen LogP contribution in [0.25, 0.3) is 10.8 Å². The van der Waals surface area contributed by atoms with E-state index >= 15 is 0 Å². The van der Waals surface area contributed by atoms with Crippen LogP contribution in [-0.2, 0) is 0 Å². The third kappa shape index (κ3) is 4.46. The highest BCUT2D eigenvalue weighted by Crippen LogP contribution is 2.37. The summed E-state index contributed by atoms with van der Waals surface area (Å²) in [4.78, 5) is 60.1. The standard InChI is InChI=1S/C26H32N4O4.ClH/c1-5-27(6-2)13-15-29-23(31)17-9-11-19-22-20(12-10-18(21(17)22)24(29)32)26(34)30(25(19)33)16-14-28(7-3)8-4;/h9-12H,5-8,13-16H2,1-4H3;1H. The lowest BCUT2D eigenvalue weighted by molar-refractivity contribution is 0.0573. The summed E-state index contributed by atoms with van der Waals surface area (Å²) in [6, 6.07) is 6.50. The topological polar surface area (TPSA) is 81.2 Å². The summed E-state index contributed by atoms with van der Waals surface area (Å²) in [5.74, 6) is -1.51. The summed E-state index contributed by atoms with van der Waals surface area (Å²) >= 11 is 0. The quantitative estimate of drug-likeness (QED) is 0.466. The molecule has 9 heteroatoms. The molecule has 8 nitrogen and oxygen atoms in total. The minimum Gasteiger partial charge on any atom is -0.302 e. The average molecular weight is 501 g/mol. The zero-order chi connectivity index (χ0) is 24.6. The van der Waals surface area contributed by atoms with Gasteiger partial charge in [0.25, 0.3) is 23.6 Å². The molecule has 0 saturated heterocycles. The second kappa shape index (κ2) is 10.8. The molecule has 188 valence electrons. The van der Waals surface area contributed by atoms with Crippen LogP contribution in [0.2, 0.25) is 0 Å². The molecule has 0 radical (unpaired) electrons. The fourth-order valence-corrected chi connectivity index (χ4v) is 4.94. The highest BCUT2D eigenvalue weighted by molar-refractivity contribution is 6.33. The highest BCUT2D eigenvalue weighted by Gasteiger charge is 2.39. The van der Waals surface area contributed by atoms with Gasteiger partial charge in [-0.25, -0.2) is 0 Å². The van der Waals surface area contributed by atoms with E-state index in [4.69, 9.17) is 0 Å². The van der Waals surface area contributed by atoms with Crippen molar-refractivity contribution < 1.29 is 19.2 Å². The monoisotopic (exact) mass is 500 g/mol. The largest absolute Gasteiger partial charge is 0.302 e. The molecule has 0 fully saturated rings. The molecule has 0 N–H and O–H groups in total.